The maximum atomic E-state index is 10.8. The van der Waals surface area contributed by atoms with Crippen LogP contribution in [0.4, 0.5) is 5.82 Å². The predicted octanol–water partition coefficient (Wildman–Crippen LogP) is 1.44. The Morgan fingerprint density at radius 2 is 2.20 bits per heavy atom. The fourth-order valence-corrected chi connectivity index (χ4v) is 1.54. The second kappa shape index (κ2) is 6.58. The monoisotopic (exact) mass is 290 g/mol. The van der Waals surface area contributed by atoms with Crippen LogP contribution in [0.25, 0.3) is 11.2 Å². The van der Waals surface area contributed by atoms with Crippen molar-refractivity contribution in [1.29, 1.82) is 0 Å². The van der Waals surface area contributed by atoms with Gasteiger partial charge in [-0.2, -0.15) is 0 Å². The number of hydrogen-bond donors (Lipinski definition) is 2. The van der Waals surface area contributed by atoms with E-state index in [0.717, 1.165) is 0 Å². The van der Waals surface area contributed by atoms with E-state index in [4.69, 9.17) is 17.3 Å². The summed E-state index contributed by atoms with van der Waals surface area (Å²) in [6.07, 6.45) is 6.05. The van der Waals surface area contributed by atoms with Gasteiger partial charge in [-0.25, -0.2) is 15.0 Å². The zero-order chi connectivity index (χ0) is 14.4. The van der Waals surface area contributed by atoms with E-state index in [1.807, 2.05) is 0 Å². The molecule has 0 radical (unpaired) electrons. The van der Waals surface area contributed by atoms with Gasteiger partial charge in [0.1, 0.15) is 11.8 Å². The summed E-state index contributed by atoms with van der Waals surface area (Å²) in [5.74, 6) is 0.364. The fourth-order valence-electron chi connectivity index (χ4n) is 1.39. The van der Waals surface area contributed by atoms with Crippen LogP contribution in [0.5, 0.6) is 0 Å². The Hall–Kier alpha value is -2.54. The Labute approximate surface area is 119 Å². The Balaban J connectivity index is 0.000000147. The minimum Gasteiger partial charge on any atom is -0.382 e. The van der Waals surface area contributed by atoms with Gasteiger partial charge in [-0.15, -0.1) is 11.6 Å². The van der Waals surface area contributed by atoms with Crippen molar-refractivity contribution in [1.82, 2.24) is 24.9 Å². The molecular formula is C12H11ClN6O. The summed E-state index contributed by atoms with van der Waals surface area (Å²) in [6, 6.07) is 3.40. The van der Waals surface area contributed by atoms with Crippen LogP contribution in [-0.4, -0.2) is 36.6 Å². The maximum absolute atomic E-state index is 10.8. The van der Waals surface area contributed by atoms with Crippen molar-refractivity contribution in [3.63, 3.8) is 0 Å². The first-order chi connectivity index (χ1) is 9.72. The molecule has 3 aromatic heterocycles. The molecule has 7 nitrogen and oxygen atoms in total. The van der Waals surface area contributed by atoms with Gasteiger partial charge >= 0.3 is 0 Å². The number of hydrogen-bond acceptors (Lipinski definition) is 6. The van der Waals surface area contributed by atoms with Gasteiger partial charge in [0.2, 0.25) is 0 Å². The third kappa shape index (κ3) is 3.27. The number of anilines is 1. The molecule has 3 heterocycles. The Morgan fingerprint density at radius 1 is 1.35 bits per heavy atom. The number of nitrogens with one attached hydrogen (secondary N) is 1. The molecule has 0 amide bonds. The largest absolute Gasteiger partial charge is 0.382 e. The molecular weight excluding hydrogens is 280 g/mol. The summed E-state index contributed by atoms with van der Waals surface area (Å²) in [4.78, 5) is 29.0. The van der Waals surface area contributed by atoms with Crippen molar-refractivity contribution in [3.05, 3.63) is 42.7 Å². The molecule has 0 aliphatic heterocycles. The number of halogens is 1. The second-order valence-corrected chi connectivity index (χ2v) is 3.93. The van der Waals surface area contributed by atoms with Crippen LogP contribution < -0.4 is 5.73 Å². The standard InChI is InChI=1S/C7H6ClNO.C5H5N5/c8-4-7(10)6-2-1-3-9-5-6;6-4-3-5(9-1-7-3)10-2-8-4/h1-3,5H,4H2;1-2H,(H3,6,7,8,9,10). The number of carbonyl (C=O) groups excluding carboxylic acids is 1. The van der Waals surface area contributed by atoms with Gasteiger partial charge < -0.3 is 10.7 Å². The molecule has 8 heteroatoms. The summed E-state index contributed by atoms with van der Waals surface area (Å²) < 4.78 is 0. The number of carbonyl (C=O) groups is 1. The normalized spacial score (nSPS) is 9.85. The Bertz CT molecular complexity index is 699. The van der Waals surface area contributed by atoms with Crippen LogP contribution in [0.15, 0.2) is 37.2 Å². The number of fused-ring (bicyclic) bond motifs is 1. The molecule has 0 aliphatic rings. The van der Waals surface area contributed by atoms with Crippen molar-refractivity contribution in [2.45, 2.75) is 0 Å². The highest BCUT2D eigenvalue weighted by molar-refractivity contribution is 6.30. The smallest absolute Gasteiger partial charge is 0.182 e. The highest BCUT2D eigenvalue weighted by Gasteiger charge is 2.01. The molecule has 0 aliphatic carbocycles. The van der Waals surface area contributed by atoms with E-state index in [1.165, 1.54) is 18.9 Å². The van der Waals surface area contributed by atoms with Crippen LogP contribution in [0, 0.1) is 0 Å². The molecule has 0 unspecified atom stereocenters. The van der Waals surface area contributed by atoms with E-state index in [-0.39, 0.29) is 11.7 Å². The van der Waals surface area contributed by atoms with Crippen LogP contribution in [0.1, 0.15) is 10.4 Å². The van der Waals surface area contributed by atoms with Crippen LogP contribution in [0.2, 0.25) is 0 Å². The van der Waals surface area contributed by atoms with E-state index >= 15 is 0 Å². The molecule has 0 saturated heterocycles. The number of Topliss-reactive ketones (excluding diaryl/α,β-unsaturated/α-hetero) is 1. The molecule has 20 heavy (non-hydrogen) atoms. The number of alkyl halides is 1. The van der Waals surface area contributed by atoms with Gasteiger partial charge in [0.05, 0.1) is 12.2 Å². The van der Waals surface area contributed by atoms with Gasteiger partial charge in [-0.1, -0.05) is 0 Å². The van der Waals surface area contributed by atoms with E-state index in [9.17, 15) is 4.79 Å². The summed E-state index contributed by atoms with van der Waals surface area (Å²) in [7, 11) is 0. The van der Waals surface area contributed by atoms with Crippen LogP contribution in [-0.2, 0) is 0 Å². The summed E-state index contributed by atoms with van der Waals surface area (Å²) in [6.45, 7) is 0. The van der Waals surface area contributed by atoms with Crippen LogP contribution in [0.3, 0.4) is 0 Å². The number of rotatable bonds is 2. The second-order valence-electron chi connectivity index (χ2n) is 3.66. The van der Waals surface area contributed by atoms with Crippen molar-refractivity contribution < 1.29 is 4.79 Å². The molecule has 3 N–H and O–H groups in total. The molecule has 0 atom stereocenters. The van der Waals surface area contributed by atoms with Crippen molar-refractivity contribution in [3.8, 4) is 0 Å². The lowest BCUT2D eigenvalue weighted by atomic mass is 10.2. The van der Waals surface area contributed by atoms with Gasteiger partial charge in [-0.05, 0) is 12.1 Å². The van der Waals surface area contributed by atoms with Gasteiger partial charge in [0.25, 0.3) is 0 Å². The first kappa shape index (κ1) is 13.9. The number of nitrogens with zero attached hydrogens (tertiary/aromatic N) is 4. The van der Waals surface area contributed by atoms with E-state index < -0.39 is 0 Å². The average Bonchev–Trinajstić information content (AvgIpc) is 2.98. The highest BCUT2D eigenvalue weighted by atomic mass is 35.5. The fraction of sp³-hybridized carbons (Fsp3) is 0.0833. The maximum Gasteiger partial charge on any atom is 0.182 e. The molecule has 3 rings (SSSR count). The first-order valence-electron chi connectivity index (χ1n) is 5.61. The summed E-state index contributed by atoms with van der Waals surface area (Å²) in [5, 5.41) is 0. The van der Waals surface area contributed by atoms with Crippen molar-refractivity contribution >= 4 is 34.4 Å². The zero-order valence-electron chi connectivity index (χ0n) is 10.3. The molecule has 0 bridgehead atoms. The van der Waals surface area contributed by atoms with E-state index in [1.54, 1.807) is 18.3 Å². The lowest BCUT2D eigenvalue weighted by molar-refractivity contribution is 0.102. The molecule has 0 aromatic carbocycles. The van der Waals surface area contributed by atoms with Gasteiger partial charge in [-0.3, -0.25) is 9.78 Å². The lowest BCUT2D eigenvalue weighted by Crippen LogP contribution is -1.99. The lowest BCUT2D eigenvalue weighted by Gasteiger charge is -1.91. The number of H-pyrrole nitrogens is 1. The van der Waals surface area contributed by atoms with Crippen molar-refractivity contribution in [2.24, 2.45) is 0 Å². The summed E-state index contributed by atoms with van der Waals surface area (Å²) in [5.41, 5.74) is 7.35. The van der Waals surface area contributed by atoms with Crippen molar-refractivity contribution in [2.75, 3.05) is 11.6 Å². The number of pyridine rings is 1. The number of nitrogen functional groups attached to an aromatic ring is 1. The average molecular weight is 291 g/mol. The first-order valence-corrected chi connectivity index (χ1v) is 6.14. The van der Waals surface area contributed by atoms with Gasteiger partial charge in [0, 0.05) is 18.0 Å². The number of imidazole rings is 1. The number of nitrogens with two attached hydrogens (primary N) is 1. The zero-order valence-corrected chi connectivity index (χ0v) is 11.1. The minimum atomic E-state index is -0.0882. The third-order valence-corrected chi connectivity index (χ3v) is 2.60. The van der Waals surface area contributed by atoms with Crippen LogP contribution >= 0.6 is 11.6 Å². The molecule has 102 valence electrons. The predicted molar refractivity (Wildman–Crippen MR) is 75.4 cm³/mol. The number of ketones is 1. The minimum absolute atomic E-state index is 0.0195. The number of aromatic nitrogens is 5. The third-order valence-electron chi connectivity index (χ3n) is 2.36. The Morgan fingerprint density at radius 3 is 2.85 bits per heavy atom. The SMILES string of the molecule is Nc1ncnc2nc[nH]c12.O=C(CCl)c1cccnc1. The topological polar surface area (TPSA) is 110 Å². The van der Waals surface area contributed by atoms with Gasteiger partial charge in [0.15, 0.2) is 17.2 Å². The highest BCUT2D eigenvalue weighted by Crippen LogP contribution is 2.09. The molecule has 0 spiro atoms. The molecule has 3 aromatic rings. The number of aromatic amines is 1. The summed E-state index contributed by atoms with van der Waals surface area (Å²) >= 11 is 5.31. The molecule has 0 saturated carbocycles. The van der Waals surface area contributed by atoms with E-state index in [2.05, 4.69) is 24.9 Å². The van der Waals surface area contributed by atoms with E-state index in [0.29, 0.717) is 22.5 Å². The quantitative estimate of drug-likeness (QED) is 0.546. The Kier molecular flexibility index (Phi) is 4.56. The molecule has 0 fully saturated rings.